The van der Waals surface area contributed by atoms with Crippen LogP contribution in [0.1, 0.15) is 50.5 Å². The second-order valence-electron chi connectivity index (χ2n) is 14.1. The van der Waals surface area contributed by atoms with Gasteiger partial charge in [-0.3, -0.25) is 24.1 Å². The van der Waals surface area contributed by atoms with Gasteiger partial charge in [-0.05, 0) is 37.8 Å². The minimum absolute atomic E-state index is 0.0439. The molecule has 2 heterocycles. The smallest absolute Gasteiger partial charge is 0.379 e. The molecule has 3 atom stereocenters. The van der Waals surface area contributed by atoms with Crippen molar-refractivity contribution in [2.45, 2.75) is 75.4 Å². The molecule has 1 saturated carbocycles. The molecule has 0 aromatic heterocycles. The van der Waals surface area contributed by atoms with E-state index >= 15 is 8.78 Å². The Bertz CT molecular complexity index is 1480. The maximum Gasteiger partial charge on any atom is 0.383 e. The van der Waals surface area contributed by atoms with Gasteiger partial charge < -0.3 is 25.6 Å². The number of carbonyl (C=O) groups excluding carboxylic acids is 4. The van der Waals surface area contributed by atoms with E-state index in [2.05, 4.69) is 27.3 Å². The van der Waals surface area contributed by atoms with Gasteiger partial charge in [0.1, 0.15) is 12.1 Å². The second-order valence-corrected chi connectivity index (χ2v) is 15.8. The third-order valence-corrected chi connectivity index (χ3v) is 11.7. The van der Waals surface area contributed by atoms with Crippen molar-refractivity contribution < 1.29 is 41.1 Å². The van der Waals surface area contributed by atoms with E-state index in [-0.39, 0.29) is 44.8 Å². The van der Waals surface area contributed by atoms with Crippen molar-refractivity contribution >= 4 is 33.7 Å². The van der Waals surface area contributed by atoms with Gasteiger partial charge in [0.25, 0.3) is 16.1 Å². The summed E-state index contributed by atoms with van der Waals surface area (Å²) < 4.78 is 66.9. The highest BCUT2D eigenvalue weighted by atomic mass is 32.2. The molecule has 296 valence electrons. The van der Waals surface area contributed by atoms with Gasteiger partial charge in [-0.25, -0.2) is 0 Å². The number of hydrogen-bond donors (Lipinski definition) is 4. The number of nitrogens with zero attached hydrogens (tertiary/aromatic N) is 3. The topological polar surface area (TPSA) is 169 Å². The van der Waals surface area contributed by atoms with E-state index in [4.69, 9.17) is 4.74 Å². The molecule has 17 heteroatoms. The minimum atomic E-state index is -4.43. The molecule has 1 aliphatic carbocycles. The van der Waals surface area contributed by atoms with Crippen molar-refractivity contribution in [3.8, 4) is 0 Å². The molecule has 2 aliphatic heterocycles. The first-order chi connectivity index (χ1) is 25.3. The van der Waals surface area contributed by atoms with Crippen LogP contribution in [0.25, 0.3) is 0 Å². The molecule has 4 N–H and O–H groups in total. The average Bonchev–Trinajstić information content (AvgIpc) is 3.15. The molecular weight excluding hydrogens is 713 g/mol. The molecule has 0 spiro atoms. The van der Waals surface area contributed by atoms with Crippen molar-refractivity contribution in [2.24, 2.45) is 5.92 Å². The largest absolute Gasteiger partial charge is 0.383 e. The zero-order valence-corrected chi connectivity index (χ0v) is 31.4. The van der Waals surface area contributed by atoms with Crippen molar-refractivity contribution in [1.29, 1.82) is 0 Å². The molecule has 1 aromatic carbocycles. The number of morpholine rings is 1. The molecule has 0 bridgehead atoms. The molecule has 3 aliphatic rings. The monoisotopic (exact) mass is 767 g/mol. The molecule has 53 heavy (non-hydrogen) atoms. The lowest BCUT2D eigenvalue weighted by molar-refractivity contribution is -0.160. The van der Waals surface area contributed by atoms with E-state index in [1.807, 2.05) is 16.8 Å². The number of carbonyl (C=O) groups is 4. The van der Waals surface area contributed by atoms with Gasteiger partial charge in [-0.1, -0.05) is 68.5 Å². The fourth-order valence-electron chi connectivity index (χ4n) is 6.84. The standard InChI is InChI=1S/C36H55F2N7O7S/c1-3-10-29(40-34(48)31(26-28-13-8-5-9-14-28)42-53(50,51)45-19-17-43(2)18-20-45)33(47)41-30(25-27-11-6-4-7-12-27)32(46)36(37,38)35(49)39-15-16-44-21-23-52-24-22-44/h3,5,8-9,13-14,27,29-31,42H,1,4,6-7,10-12,15-26H2,2H3,(H,39,49)(H,40,48)(H,41,47)/t29-,30?,31+/m0/s1. The lowest BCUT2D eigenvalue weighted by Gasteiger charge is -2.33. The maximum atomic E-state index is 15.5. The van der Waals surface area contributed by atoms with E-state index in [9.17, 15) is 27.6 Å². The van der Waals surface area contributed by atoms with Gasteiger partial charge in [-0.15, -0.1) is 6.58 Å². The number of halogens is 2. The maximum absolute atomic E-state index is 15.5. The minimum Gasteiger partial charge on any atom is -0.379 e. The number of hydrogen-bond acceptors (Lipinski definition) is 9. The molecular formula is C36H55F2N7O7S. The zero-order chi connectivity index (χ0) is 38.4. The van der Waals surface area contributed by atoms with E-state index < -0.39 is 57.8 Å². The fourth-order valence-corrected chi connectivity index (χ4v) is 8.19. The second kappa shape index (κ2) is 20.4. The number of ketones is 1. The third-order valence-electron chi connectivity index (χ3n) is 10.1. The third kappa shape index (κ3) is 12.9. The Balaban J connectivity index is 1.48. The first-order valence-electron chi connectivity index (χ1n) is 18.5. The van der Waals surface area contributed by atoms with Crippen molar-refractivity contribution in [3.05, 3.63) is 48.6 Å². The summed E-state index contributed by atoms with van der Waals surface area (Å²) in [6, 6.07) is 4.30. The number of rotatable bonds is 19. The summed E-state index contributed by atoms with van der Waals surface area (Å²) >= 11 is 0. The number of likely N-dealkylation sites (N-methyl/N-ethyl adjacent to an activating group) is 1. The predicted molar refractivity (Wildman–Crippen MR) is 195 cm³/mol. The van der Waals surface area contributed by atoms with Crippen LogP contribution in [0.2, 0.25) is 0 Å². The quantitative estimate of drug-likeness (QED) is 0.118. The van der Waals surface area contributed by atoms with Crippen LogP contribution >= 0.6 is 0 Å². The first kappa shape index (κ1) is 42.4. The van der Waals surface area contributed by atoms with Gasteiger partial charge in [0, 0.05) is 52.4 Å². The van der Waals surface area contributed by atoms with Gasteiger partial charge in [0.2, 0.25) is 17.6 Å². The van der Waals surface area contributed by atoms with E-state index in [0.717, 1.165) is 19.3 Å². The molecule has 1 unspecified atom stereocenters. The summed E-state index contributed by atoms with van der Waals surface area (Å²) in [6.45, 7) is 7.51. The summed E-state index contributed by atoms with van der Waals surface area (Å²) in [5, 5.41) is 7.17. The summed E-state index contributed by atoms with van der Waals surface area (Å²) in [4.78, 5) is 57.7. The number of nitrogens with one attached hydrogen (secondary N) is 4. The van der Waals surface area contributed by atoms with E-state index in [1.165, 1.54) is 10.4 Å². The predicted octanol–water partition coefficient (Wildman–Crippen LogP) is 0.848. The zero-order valence-electron chi connectivity index (χ0n) is 30.6. The summed E-state index contributed by atoms with van der Waals surface area (Å²) in [7, 11) is -2.24. The Kier molecular flexibility index (Phi) is 16.3. The first-order valence-corrected chi connectivity index (χ1v) is 20.0. The molecule has 14 nitrogen and oxygen atoms in total. The van der Waals surface area contributed by atoms with Crippen LogP contribution in [0.4, 0.5) is 8.78 Å². The lowest BCUT2D eigenvalue weighted by atomic mass is 9.83. The Morgan fingerprint density at radius 3 is 2.19 bits per heavy atom. The molecule has 3 amide bonds. The Morgan fingerprint density at radius 1 is 0.925 bits per heavy atom. The van der Waals surface area contributed by atoms with Crippen LogP contribution in [0.15, 0.2) is 43.0 Å². The van der Waals surface area contributed by atoms with Crippen molar-refractivity contribution in [3.63, 3.8) is 0 Å². The highest BCUT2D eigenvalue weighted by molar-refractivity contribution is 7.87. The van der Waals surface area contributed by atoms with E-state index in [0.29, 0.717) is 64.3 Å². The molecule has 0 radical (unpaired) electrons. The number of piperazine rings is 1. The highest BCUT2D eigenvalue weighted by Crippen LogP contribution is 2.29. The Hall–Kier alpha value is -3.35. The van der Waals surface area contributed by atoms with Gasteiger partial charge in [-0.2, -0.15) is 26.2 Å². The van der Waals surface area contributed by atoms with Crippen molar-refractivity contribution in [1.82, 2.24) is 34.8 Å². The Morgan fingerprint density at radius 2 is 1.55 bits per heavy atom. The number of benzene rings is 1. The molecule has 4 rings (SSSR count). The van der Waals surface area contributed by atoms with Gasteiger partial charge in [0.15, 0.2) is 0 Å². The Labute approximate surface area is 311 Å². The average molecular weight is 768 g/mol. The molecule has 3 fully saturated rings. The SMILES string of the molecule is C=CC[C@H](NC(=O)[C@@H](Cc1ccccc1)NS(=O)(=O)N1CCN(C)CC1)C(=O)NC(CC1CCCCC1)C(=O)C(F)(F)C(=O)NCCN1CCOCC1. The van der Waals surface area contributed by atoms with E-state index in [1.54, 1.807) is 30.3 Å². The van der Waals surface area contributed by atoms with Crippen LogP contribution < -0.4 is 20.7 Å². The number of ether oxygens (including phenoxy) is 1. The summed E-state index contributed by atoms with van der Waals surface area (Å²) in [5.41, 5.74) is 0.655. The van der Waals surface area contributed by atoms with Gasteiger partial charge in [0.05, 0.1) is 19.3 Å². The van der Waals surface area contributed by atoms with Crippen LogP contribution in [-0.2, 0) is 40.5 Å². The summed E-state index contributed by atoms with van der Waals surface area (Å²) in [6.07, 6.45) is 5.08. The normalized spacial score (nSPS) is 20.1. The van der Waals surface area contributed by atoms with Crippen LogP contribution in [0.3, 0.4) is 0 Å². The van der Waals surface area contributed by atoms with Crippen LogP contribution in [0, 0.1) is 5.92 Å². The van der Waals surface area contributed by atoms with Crippen LogP contribution in [0.5, 0.6) is 0 Å². The molecule has 2 saturated heterocycles. The number of alkyl halides is 2. The fraction of sp³-hybridized carbons (Fsp3) is 0.667. The lowest BCUT2D eigenvalue weighted by Crippen LogP contribution is -2.60. The van der Waals surface area contributed by atoms with Crippen molar-refractivity contribution in [2.75, 3.05) is 72.6 Å². The number of Topliss-reactive ketones (excluding diaryl/α,β-unsaturated/α-hetero) is 1. The summed E-state index contributed by atoms with van der Waals surface area (Å²) in [5.74, 6) is -9.80. The number of amides is 3. The van der Waals surface area contributed by atoms with Gasteiger partial charge >= 0.3 is 5.92 Å². The molecule has 1 aromatic rings. The van der Waals surface area contributed by atoms with Crippen LogP contribution in [-0.4, -0.2) is 143 Å². The highest BCUT2D eigenvalue weighted by Gasteiger charge is 2.51.